The summed E-state index contributed by atoms with van der Waals surface area (Å²) in [5, 5.41) is 11.9. The summed E-state index contributed by atoms with van der Waals surface area (Å²) >= 11 is 0. The van der Waals surface area contributed by atoms with Crippen LogP contribution in [0.1, 0.15) is 60.0 Å². The molecule has 0 atom stereocenters. The van der Waals surface area contributed by atoms with Crippen LogP contribution in [0.15, 0.2) is 18.2 Å². The van der Waals surface area contributed by atoms with E-state index < -0.39 is 5.97 Å². The van der Waals surface area contributed by atoms with E-state index in [0.29, 0.717) is 32.5 Å². The zero-order valence-corrected chi connectivity index (χ0v) is 14.5. The molecule has 1 fully saturated rings. The van der Waals surface area contributed by atoms with Gasteiger partial charge in [0.15, 0.2) is 0 Å². The molecule has 1 aliphatic rings. The van der Waals surface area contributed by atoms with Crippen LogP contribution in [0.3, 0.4) is 0 Å². The molecule has 0 unspecified atom stereocenters. The standard InChI is InChI=1S/C18H25N3O4/c1-2-3-4-10-19-16(22)13-8-11-21(12-9-13)17(23)14-6-5-7-15(20-14)18(24)25/h5-7,13H,2-4,8-12H2,1H3,(H,19,22)(H,24,25). The van der Waals surface area contributed by atoms with Gasteiger partial charge in [-0.2, -0.15) is 0 Å². The second-order valence-corrected chi connectivity index (χ2v) is 6.28. The van der Waals surface area contributed by atoms with E-state index in [-0.39, 0.29) is 29.1 Å². The first-order valence-electron chi connectivity index (χ1n) is 8.80. The van der Waals surface area contributed by atoms with Crippen molar-refractivity contribution in [3.63, 3.8) is 0 Å². The molecule has 0 aromatic carbocycles. The quantitative estimate of drug-likeness (QED) is 0.734. The van der Waals surface area contributed by atoms with Crippen molar-refractivity contribution in [2.45, 2.75) is 39.0 Å². The van der Waals surface area contributed by atoms with Crippen LogP contribution in [-0.2, 0) is 4.79 Å². The number of hydrogen-bond donors (Lipinski definition) is 2. The van der Waals surface area contributed by atoms with Crippen molar-refractivity contribution in [3.8, 4) is 0 Å². The van der Waals surface area contributed by atoms with E-state index in [2.05, 4.69) is 17.2 Å². The number of likely N-dealkylation sites (tertiary alicyclic amines) is 1. The van der Waals surface area contributed by atoms with Gasteiger partial charge in [0, 0.05) is 25.6 Å². The van der Waals surface area contributed by atoms with Crippen molar-refractivity contribution >= 4 is 17.8 Å². The van der Waals surface area contributed by atoms with E-state index in [9.17, 15) is 14.4 Å². The molecule has 1 aromatic rings. The van der Waals surface area contributed by atoms with E-state index in [1.54, 1.807) is 4.90 Å². The number of rotatable bonds is 7. The average molecular weight is 347 g/mol. The van der Waals surface area contributed by atoms with Gasteiger partial charge >= 0.3 is 5.97 Å². The topological polar surface area (TPSA) is 99.6 Å². The Morgan fingerprint density at radius 3 is 2.52 bits per heavy atom. The number of carboxylic acid groups (broad SMARTS) is 1. The second-order valence-electron chi connectivity index (χ2n) is 6.28. The number of unbranched alkanes of at least 4 members (excludes halogenated alkanes) is 2. The maximum absolute atomic E-state index is 12.5. The minimum absolute atomic E-state index is 0.0641. The Bertz CT molecular complexity index is 625. The molecule has 2 amide bonds. The lowest BCUT2D eigenvalue weighted by atomic mass is 9.95. The first-order valence-corrected chi connectivity index (χ1v) is 8.80. The molecule has 2 heterocycles. The molecule has 2 N–H and O–H groups in total. The third kappa shape index (κ3) is 5.27. The van der Waals surface area contributed by atoms with Crippen molar-refractivity contribution in [3.05, 3.63) is 29.6 Å². The molecule has 0 bridgehead atoms. The SMILES string of the molecule is CCCCCNC(=O)C1CCN(C(=O)c2cccc(C(=O)O)n2)CC1. The fourth-order valence-corrected chi connectivity index (χ4v) is 2.91. The number of carboxylic acids is 1. The number of aromatic carboxylic acids is 1. The van der Waals surface area contributed by atoms with Gasteiger partial charge in [0.05, 0.1) is 0 Å². The third-order valence-corrected chi connectivity index (χ3v) is 4.42. The maximum Gasteiger partial charge on any atom is 0.354 e. The van der Waals surface area contributed by atoms with Crippen LogP contribution < -0.4 is 5.32 Å². The molecule has 0 aliphatic carbocycles. The number of pyridine rings is 1. The van der Waals surface area contributed by atoms with Crippen molar-refractivity contribution in [1.29, 1.82) is 0 Å². The summed E-state index contributed by atoms with van der Waals surface area (Å²) in [6.45, 7) is 3.78. The highest BCUT2D eigenvalue weighted by atomic mass is 16.4. The third-order valence-electron chi connectivity index (χ3n) is 4.42. The summed E-state index contributed by atoms with van der Waals surface area (Å²) in [5.41, 5.74) is -0.0189. The molecule has 1 aromatic heterocycles. The molecule has 1 aliphatic heterocycles. The van der Waals surface area contributed by atoms with Gasteiger partial charge in [-0.1, -0.05) is 25.8 Å². The highest BCUT2D eigenvalue weighted by molar-refractivity contribution is 5.94. The lowest BCUT2D eigenvalue weighted by Gasteiger charge is -2.31. The largest absolute Gasteiger partial charge is 0.477 e. The number of aromatic nitrogens is 1. The maximum atomic E-state index is 12.5. The molecule has 136 valence electrons. The minimum atomic E-state index is -1.16. The average Bonchev–Trinajstić information content (AvgIpc) is 2.64. The van der Waals surface area contributed by atoms with Crippen LogP contribution in [0.4, 0.5) is 0 Å². The number of nitrogens with one attached hydrogen (secondary N) is 1. The van der Waals surface area contributed by atoms with Gasteiger partial charge in [-0.25, -0.2) is 9.78 Å². The lowest BCUT2D eigenvalue weighted by Crippen LogP contribution is -2.43. The highest BCUT2D eigenvalue weighted by Crippen LogP contribution is 2.19. The molecular formula is C18H25N3O4. The van der Waals surface area contributed by atoms with E-state index in [4.69, 9.17) is 5.11 Å². The van der Waals surface area contributed by atoms with Crippen molar-refractivity contribution < 1.29 is 19.5 Å². The Balaban J connectivity index is 1.85. The second kappa shape index (κ2) is 9.15. The molecule has 25 heavy (non-hydrogen) atoms. The summed E-state index contributed by atoms with van der Waals surface area (Å²) in [7, 11) is 0. The van der Waals surface area contributed by atoms with Crippen LogP contribution in [-0.4, -0.2) is 52.4 Å². The van der Waals surface area contributed by atoms with Gasteiger partial charge < -0.3 is 15.3 Å². The van der Waals surface area contributed by atoms with Crippen LogP contribution in [0.5, 0.6) is 0 Å². The van der Waals surface area contributed by atoms with Crippen molar-refractivity contribution in [2.75, 3.05) is 19.6 Å². The van der Waals surface area contributed by atoms with E-state index in [0.717, 1.165) is 19.3 Å². The molecule has 7 nitrogen and oxygen atoms in total. The first-order chi connectivity index (χ1) is 12.0. The Hall–Kier alpha value is -2.44. The Morgan fingerprint density at radius 1 is 1.20 bits per heavy atom. The molecular weight excluding hydrogens is 322 g/mol. The number of carbonyl (C=O) groups is 3. The monoisotopic (exact) mass is 347 g/mol. The van der Waals surface area contributed by atoms with E-state index in [1.165, 1.54) is 18.2 Å². The predicted octanol–water partition coefficient (Wildman–Crippen LogP) is 1.94. The minimum Gasteiger partial charge on any atom is -0.477 e. The van der Waals surface area contributed by atoms with E-state index >= 15 is 0 Å². The van der Waals surface area contributed by atoms with Gasteiger partial charge in [0.1, 0.15) is 11.4 Å². The van der Waals surface area contributed by atoms with Crippen molar-refractivity contribution in [1.82, 2.24) is 15.2 Å². The molecule has 0 saturated carbocycles. The smallest absolute Gasteiger partial charge is 0.354 e. The normalized spacial score (nSPS) is 15.0. The number of nitrogens with zero attached hydrogens (tertiary/aromatic N) is 2. The van der Waals surface area contributed by atoms with Gasteiger partial charge in [-0.3, -0.25) is 9.59 Å². The Labute approximate surface area is 147 Å². The molecule has 0 radical (unpaired) electrons. The van der Waals surface area contributed by atoms with Crippen LogP contribution in [0.2, 0.25) is 0 Å². The van der Waals surface area contributed by atoms with Crippen molar-refractivity contribution in [2.24, 2.45) is 5.92 Å². The van der Waals surface area contributed by atoms with Gasteiger partial charge in [-0.05, 0) is 31.4 Å². The Kier molecular flexibility index (Phi) is 6.91. The van der Waals surface area contributed by atoms with Crippen LogP contribution in [0.25, 0.3) is 0 Å². The van der Waals surface area contributed by atoms with Gasteiger partial charge in [-0.15, -0.1) is 0 Å². The number of carbonyl (C=O) groups excluding carboxylic acids is 2. The first kappa shape index (κ1) is 18.9. The summed E-state index contributed by atoms with van der Waals surface area (Å²) in [6, 6.07) is 4.38. The predicted molar refractivity (Wildman–Crippen MR) is 92.4 cm³/mol. The number of amides is 2. The molecule has 0 spiro atoms. The van der Waals surface area contributed by atoms with Crippen LogP contribution in [0, 0.1) is 5.92 Å². The fourth-order valence-electron chi connectivity index (χ4n) is 2.91. The summed E-state index contributed by atoms with van der Waals surface area (Å²) in [5.74, 6) is -1.45. The number of hydrogen-bond acceptors (Lipinski definition) is 4. The zero-order chi connectivity index (χ0) is 18.2. The summed E-state index contributed by atoms with van der Waals surface area (Å²) in [4.78, 5) is 41.1. The number of piperidine rings is 1. The van der Waals surface area contributed by atoms with Gasteiger partial charge in [0.2, 0.25) is 5.91 Å². The van der Waals surface area contributed by atoms with E-state index in [1.807, 2.05) is 0 Å². The molecule has 2 rings (SSSR count). The Morgan fingerprint density at radius 2 is 1.88 bits per heavy atom. The summed E-state index contributed by atoms with van der Waals surface area (Å²) in [6.07, 6.45) is 4.45. The van der Waals surface area contributed by atoms with Crippen LogP contribution >= 0.6 is 0 Å². The van der Waals surface area contributed by atoms with Gasteiger partial charge in [0.25, 0.3) is 5.91 Å². The lowest BCUT2D eigenvalue weighted by molar-refractivity contribution is -0.126. The molecule has 7 heteroatoms. The fraction of sp³-hybridized carbons (Fsp3) is 0.556. The summed E-state index contributed by atoms with van der Waals surface area (Å²) < 4.78 is 0. The zero-order valence-electron chi connectivity index (χ0n) is 14.5. The molecule has 1 saturated heterocycles. The highest BCUT2D eigenvalue weighted by Gasteiger charge is 2.28.